The quantitative estimate of drug-likeness (QED) is 0.422. The van der Waals surface area contributed by atoms with Gasteiger partial charge in [-0.2, -0.15) is 0 Å². The number of aryl methyl sites for hydroxylation is 2. The summed E-state index contributed by atoms with van der Waals surface area (Å²) in [5, 5.41) is 8.76. The molecule has 0 saturated heterocycles. The van der Waals surface area contributed by atoms with Crippen molar-refractivity contribution >= 4 is 0 Å². The lowest BCUT2D eigenvalue weighted by molar-refractivity contribution is -0.697. The molecule has 0 aliphatic rings. The molecular formula is C19H34NO+. The Labute approximate surface area is 131 Å². The zero-order valence-corrected chi connectivity index (χ0v) is 13.9. The van der Waals surface area contributed by atoms with Crippen LogP contribution in [-0.4, -0.2) is 11.7 Å². The van der Waals surface area contributed by atoms with Gasteiger partial charge in [-0.05, 0) is 31.7 Å². The summed E-state index contributed by atoms with van der Waals surface area (Å²) < 4.78 is 2.32. The van der Waals surface area contributed by atoms with Crippen LogP contribution >= 0.6 is 0 Å². The number of unbranched alkanes of at least 4 members (excludes halogenated alkanes) is 8. The number of hydrogen-bond acceptors (Lipinski definition) is 1. The van der Waals surface area contributed by atoms with Crippen LogP contribution in [0.1, 0.15) is 76.7 Å². The van der Waals surface area contributed by atoms with Crippen molar-refractivity contribution in [3.63, 3.8) is 0 Å². The smallest absolute Gasteiger partial charge is 0.171 e. The van der Waals surface area contributed by atoms with Gasteiger partial charge in [0.2, 0.25) is 0 Å². The predicted molar refractivity (Wildman–Crippen MR) is 89.3 cm³/mol. The van der Waals surface area contributed by atoms with E-state index in [0.717, 1.165) is 19.4 Å². The van der Waals surface area contributed by atoms with Crippen molar-refractivity contribution in [2.75, 3.05) is 6.61 Å². The number of rotatable bonds is 13. The van der Waals surface area contributed by atoms with Crippen LogP contribution in [0.3, 0.4) is 0 Å². The summed E-state index contributed by atoms with van der Waals surface area (Å²) in [5.74, 6) is 0. The number of pyridine rings is 1. The molecule has 0 aliphatic carbocycles. The van der Waals surface area contributed by atoms with Crippen LogP contribution in [0.2, 0.25) is 0 Å². The van der Waals surface area contributed by atoms with Gasteiger partial charge < -0.3 is 5.11 Å². The van der Waals surface area contributed by atoms with Crippen LogP contribution in [0.25, 0.3) is 0 Å². The first-order valence-corrected chi connectivity index (χ1v) is 8.95. The summed E-state index contributed by atoms with van der Waals surface area (Å²) in [6.45, 7) is 3.71. The van der Waals surface area contributed by atoms with Crippen molar-refractivity contribution in [3.8, 4) is 0 Å². The van der Waals surface area contributed by atoms with E-state index in [2.05, 4.69) is 36.0 Å². The summed E-state index contributed by atoms with van der Waals surface area (Å²) in [6, 6.07) is 4.44. The Morgan fingerprint density at radius 1 is 0.905 bits per heavy atom. The van der Waals surface area contributed by atoms with Crippen molar-refractivity contribution in [3.05, 3.63) is 30.1 Å². The minimum absolute atomic E-state index is 0.334. The van der Waals surface area contributed by atoms with Crippen molar-refractivity contribution in [2.24, 2.45) is 0 Å². The standard InChI is InChI=1S/C19H34NO/c1-2-3-4-5-6-9-13-19-14-12-16-20(18-19)15-10-7-8-11-17-21/h12,14,16,18,21H,2-11,13,15,17H2,1H3/q+1. The van der Waals surface area contributed by atoms with E-state index in [1.807, 2.05) is 0 Å². The molecule has 1 aromatic rings. The average Bonchev–Trinajstić information content (AvgIpc) is 2.51. The molecule has 0 aromatic carbocycles. The van der Waals surface area contributed by atoms with E-state index in [4.69, 9.17) is 5.11 Å². The van der Waals surface area contributed by atoms with Gasteiger partial charge in [0.15, 0.2) is 12.4 Å². The molecule has 1 aromatic heterocycles. The lowest BCUT2D eigenvalue weighted by atomic mass is 10.1. The van der Waals surface area contributed by atoms with E-state index < -0.39 is 0 Å². The second-order valence-corrected chi connectivity index (χ2v) is 6.11. The van der Waals surface area contributed by atoms with Gasteiger partial charge in [0, 0.05) is 24.7 Å². The predicted octanol–water partition coefficient (Wildman–Crippen LogP) is 4.43. The Hall–Kier alpha value is -0.890. The Bertz CT molecular complexity index is 351. The van der Waals surface area contributed by atoms with Crippen LogP contribution in [0.5, 0.6) is 0 Å². The van der Waals surface area contributed by atoms with E-state index in [1.165, 1.54) is 63.4 Å². The highest BCUT2D eigenvalue weighted by molar-refractivity contribution is 5.05. The molecule has 0 bridgehead atoms. The Balaban J connectivity index is 2.16. The fourth-order valence-corrected chi connectivity index (χ4v) is 2.73. The molecule has 2 heteroatoms. The highest BCUT2D eigenvalue weighted by Gasteiger charge is 2.03. The summed E-state index contributed by atoms with van der Waals surface area (Å²) >= 11 is 0. The zero-order chi connectivity index (χ0) is 15.2. The second-order valence-electron chi connectivity index (χ2n) is 6.11. The highest BCUT2D eigenvalue weighted by Crippen LogP contribution is 2.08. The number of aliphatic hydroxyl groups excluding tert-OH is 1. The maximum atomic E-state index is 8.76. The first-order valence-electron chi connectivity index (χ1n) is 8.95. The van der Waals surface area contributed by atoms with E-state index in [-0.39, 0.29) is 0 Å². The normalized spacial score (nSPS) is 11.0. The molecule has 0 spiro atoms. The second kappa shape index (κ2) is 12.8. The maximum absolute atomic E-state index is 8.76. The molecule has 0 unspecified atom stereocenters. The molecule has 0 radical (unpaired) electrons. The van der Waals surface area contributed by atoms with E-state index in [9.17, 15) is 0 Å². The molecule has 1 rings (SSSR count). The van der Waals surface area contributed by atoms with Crippen LogP contribution in [0.4, 0.5) is 0 Å². The fraction of sp³-hybridized carbons (Fsp3) is 0.737. The summed E-state index contributed by atoms with van der Waals surface area (Å²) in [4.78, 5) is 0. The van der Waals surface area contributed by atoms with E-state index >= 15 is 0 Å². The Morgan fingerprint density at radius 3 is 2.43 bits per heavy atom. The van der Waals surface area contributed by atoms with Gasteiger partial charge in [-0.15, -0.1) is 0 Å². The molecule has 0 aliphatic heterocycles. The first-order chi connectivity index (χ1) is 10.4. The van der Waals surface area contributed by atoms with Crippen molar-refractivity contribution < 1.29 is 9.67 Å². The van der Waals surface area contributed by atoms with Crippen LogP contribution in [0.15, 0.2) is 24.5 Å². The van der Waals surface area contributed by atoms with Gasteiger partial charge in [0.05, 0.1) is 0 Å². The third-order valence-corrected chi connectivity index (χ3v) is 4.06. The fourth-order valence-electron chi connectivity index (χ4n) is 2.73. The van der Waals surface area contributed by atoms with Crippen molar-refractivity contribution in [2.45, 2.75) is 84.1 Å². The van der Waals surface area contributed by atoms with E-state index in [1.54, 1.807) is 0 Å². The molecule has 0 saturated carbocycles. The summed E-state index contributed by atoms with van der Waals surface area (Å²) in [6.07, 6.45) is 18.5. The molecule has 0 fully saturated rings. The lowest BCUT2D eigenvalue weighted by Crippen LogP contribution is -2.33. The number of hydrogen-bond donors (Lipinski definition) is 1. The molecular weight excluding hydrogens is 258 g/mol. The summed E-state index contributed by atoms with van der Waals surface area (Å²) in [7, 11) is 0. The molecule has 120 valence electrons. The van der Waals surface area contributed by atoms with Gasteiger partial charge >= 0.3 is 0 Å². The molecule has 0 amide bonds. The Morgan fingerprint density at radius 2 is 1.62 bits per heavy atom. The van der Waals surface area contributed by atoms with Gasteiger partial charge in [-0.25, -0.2) is 4.57 Å². The molecule has 1 N–H and O–H groups in total. The zero-order valence-electron chi connectivity index (χ0n) is 13.9. The minimum Gasteiger partial charge on any atom is -0.396 e. The van der Waals surface area contributed by atoms with Crippen LogP contribution in [0, 0.1) is 0 Å². The van der Waals surface area contributed by atoms with Crippen molar-refractivity contribution in [1.82, 2.24) is 0 Å². The average molecular weight is 292 g/mol. The third-order valence-electron chi connectivity index (χ3n) is 4.06. The first kappa shape index (κ1) is 18.2. The third kappa shape index (κ3) is 9.62. The molecule has 21 heavy (non-hydrogen) atoms. The molecule has 0 atom stereocenters. The minimum atomic E-state index is 0.334. The van der Waals surface area contributed by atoms with Gasteiger partial charge in [0.1, 0.15) is 6.54 Å². The van der Waals surface area contributed by atoms with Crippen molar-refractivity contribution in [1.29, 1.82) is 0 Å². The maximum Gasteiger partial charge on any atom is 0.171 e. The number of aliphatic hydroxyl groups is 1. The van der Waals surface area contributed by atoms with Crippen LogP contribution < -0.4 is 4.57 Å². The summed E-state index contributed by atoms with van der Waals surface area (Å²) in [5.41, 5.74) is 1.48. The number of nitrogens with zero attached hydrogens (tertiary/aromatic N) is 1. The molecule has 1 heterocycles. The van der Waals surface area contributed by atoms with Gasteiger partial charge in [0.25, 0.3) is 0 Å². The van der Waals surface area contributed by atoms with Gasteiger partial charge in [-0.1, -0.05) is 45.4 Å². The monoisotopic (exact) mass is 292 g/mol. The SMILES string of the molecule is CCCCCCCCc1ccc[n+](CCCCCCO)c1. The molecule has 2 nitrogen and oxygen atoms in total. The lowest BCUT2D eigenvalue weighted by Gasteiger charge is -2.02. The topological polar surface area (TPSA) is 24.1 Å². The Kier molecular flexibility index (Phi) is 11.1. The highest BCUT2D eigenvalue weighted by atomic mass is 16.2. The van der Waals surface area contributed by atoms with E-state index in [0.29, 0.717) is 6.61 Å². The number of aromatic nitrogens is 1. The largest absolute Gasteiger partial charge is 0.396 e. The van der Waals surface area contributed by atoms with Crippen LogP contribution in [-0.2, 0) is 13.0 Å². The van der Waals surface area contributed by atoms with Gasteiger partial charge in [-0.3, -0.25) is 0 Å².